The molecule has 0 aliphatic carbocycles. The second-order valence-corrected chi connectivity index (χ2v) is 6.78. The number of hydrogen-bond donors (Lipinski definition) is 3. The highest BCUT2D eigenvalue weighted by Crippen LogP contribution is 2.52. The predicted molar refractivity (Wildman–Crippen MR) is 75.5 cm³/mol. The Morgan fingerprint density at radius 1 is 1.26 bits per heavy atom. The van der Waals surface area contributed by atoms with Crippen LogP contribution >= 0.6 is 23.5 Å². The molecule has 1 aliphatic heterocycles. The van der Waals surface area contributed by atoms with Gasteiger partial charge in [-0.15, -0.1) is 0 Å². The monoisotopic (exact) mass is 348 g/mol. The zero-order chi connectivity index (χ0) is 14.4. The normalized spacial score (nSPS) is 21.3. The Bertz CT molecular complexity index is 569. The summed E-state index contributed by atoms with van der Waals surface area (Å²) in [6.07, 6.45) is 0. The van der Waals surface area contributed by atoms with Gasteiger partial charge in [0.25, 0.3) is 0 Å². The van der Waals surface area contributed by atoms with Gasteiger partial charge >= 0.3 is 7.60 Å². The molecule has 104 valence electrons. The van der Waals surface area contributed by atoms with Crippen molar-refractivity contribution in [1.82, 2.24) is 5.01 Å². The van der Waals surface area contributed by atoms with E-state index in [9.17, 15) is 19.5 Å². The lowest BCUT2D eigenvalue weighted by molar-refractivity contribution is 0.273. The fraction of sp³-hybridized carbons (Fsp3) is 0.273. The molecular weight excluding hydrogens is 335 g/mol. The van der Waals surface area contributed by atoms with Crippen molar-refractivity contribution >= 4 is 29.2 Å². The zero-order valence-electron chi connectivity index (χ0n) is 10.4. The second-order valence-electron chi connectivity index (χ2n) is 4.29. The molecule has 0 saturated carbocycles. The molecule has 0 radical (unpaired) electrons. The smallest absolute Gasteiger partial charge is 0.359 e. The highest BCUT2D eigenvalue weighted by Gasteiger charge is 2.43. The highest BCUT2D eigenvalue weighted by molar-refractivity contribution is 9.10. The third kappa shape index (κ3) is 2.57. The topological polar surface area (TPSA) is 84.2 Å². The predicted octanol–water partition coefficient (Wildman–Crippen LogP) is 2.41. The van der Waals surface area contributed by atoms with E-state index in [0.717, 1.165) is 4.47 Å². The Labute approximate surface area is 119 Å². The Balaban J connectivity index is 2.50. The van der Waals surface area contributed by atoms with Crippen LogP contribution in [0.25, 0.3) is 0 Å². The van der Waals surface area contributed by atoms with Crippen LogP contribution in [0.1, 0.15) is 6.92 Å². The molecule has 0 amide bonds. The number of halogens is 1. The fourth-order valence-corrected chi connectivity index (χ4v) is 3.33. The van der Waals surface area contributed by atoms with E-state index in [1.165, 1.54) is 5.01 Å². The van der Waals surface area contributed by atoms with E-state index in [0.29, 0.717) is 5.69 Å². The van der Waals surface area contributed by atoms with Gasteiger partial charge in [0.1, 0.15) is 5.31 Å². The summed E-state index contributed by atoms with van der Waals surface area (Å²) in [5.41, 5.74) is 0.624. The molecule has 1 aromatic carbocycles. The number of hydrazine groups is 1. The standard InChI is InChI=1S/C11H14BrN2O4P/c1-7-10(19(16,17)18)11(15)14(13(7)2)9-5-3-8(12)4-6-9/h3-7,15H,1-2H3,(H2,16,17,18). The number of nitrogens with zero attached hydrogens (tertiary/aromatic N) is 2. The number of anilines is 1. The van der Waals surface area contributed by atoms with E-state index in [-0.39, 0.29) is 5.31 Å². The summed E-state index contributed by atoms with van der Waals surface area (Å²) in [6, 6.07) is 6.48. The molecule has 2 rings (SSSR count). The minimum Gasteiger partial charge on any atom is -0.493 e. The zero-order valence-corrected chi connectivity index (χ0v) is 12.8. The van der Waals surface area contributed by atoms with Gasteiger partial charge in [-0.05, 0) is 31.2 Å². The summed E-state index contributed by atoms with van der Waals surface area (Å²) in [7, 11) is -2.83. The van der Waals surface area contributed by atoms with Gasteiger partial charge in [-0.2, -0.15) is 0 Å². The van der Waals surface area contributed by atoms with E-state index < -0.39 is 19.5 Å². The third-order valence-electron chi connectivity index (χ3n) is 3.09. The molecule has 0 saturated heterocycles. The van der Waals surface area contributed by atoms with E-state index in [4.69, 9.17) is 0 Å². The first-order chi connectivity index (χ1) is 8.73. The van der Waals surface area contributed by atoms with Crippen molar-refractivity contribution in [3.8, 4) is 0 Å². The van der Waals surface area contributed by atoms with Crippen LogP contribution in [0.15, 0.2) is 39.9 Å². The Hall–Kier alpha value is -0.850. The van der Waals surface area contributed by atoms with Gasteiger partial charge in [0.2, 0.25) is 5.88 Å². The fourth-order valence-electron chi connectivity index (χ4n) is 2.06. The number of rotatable bonds is 2. The van der Waals surface area contributed by atoms with Gasteiger partial charge in [0.05, 0.1) is 11.7 Å². The Kier molecular flexibility index (Phi) is 3.77. The van der Waals surface area contributed by atoms with Crippen molar-refractivity contribution < 1.29 is 19.5 Å². The van der Waals surface area contributed by atoms with Crippen LogP contribution in [0.3, 0.4) is 0 Å². The maximum absolute atomic E-state index is 11.4. The van der Waals surface area contributed by atoms with Crippen molar-refractivity contribution in [1.29, 1.82) is 0 Å². The van der Waals surface area contributed by atoms with Crippen molar-refractivity contribution in [3.63, 3.8) is 0 Å². The summed E-state index contributed by atoms with van der Waals surface area (Å²) < 4.78 is 12.3. The molecule has 19 heavy (non-hydrogen) atoms. The minimum absolute atomic E-state index is 0.266. The molecule has 0 bridgehead atoms. The van der Waals surface area contributed by atoms with Crippen molar-refractivity contribution in [2.75, 3.05) is 12.1 Å². The summed E-state index contributed by atoms with van der Waals surface area (Å²) >= 11 is 3.31. The largest absolute Gasteiger partial charge is 0.493 e. The lowest BCUT2D eigenvalue weighted by Crippen LogP contribution is -2.38. The molecule has 6 nitrogen and oxygen atoms in total. The van der Waals surface area contributed by atoms with Gasteiger partial charge in [0, 0.05) is 11.5 Å². The number of likely N-dealkylation sites (N-methyl/N-ethyl adjacent to an activating group) is 1. The molecule has 1 atom stereocenters. The van der Waals surface area contributed by atoms with Crippen LogP contribution in [0, 0.1) is 0 Å². The lowest BCUT2D eigenvalue weighted by atomic mass is 10.3. The van der Waals surface area contributed by atoms with Gasteiger partial charge in [-0.1, -0.05) is 15.9 Å². The van der Waals surface area contributed by atoms with Crippen LogP contribution < -0.4 is 5.01 Å². The quantitative estimate of drug-likeness (QED) is 0.712. The molecular formula is C11H14BrN2O4P. The van der Waals surface area contributed by atoms with Crippen LogP contribution in [0.5, 0.6) is 0 Å². The molecule has 1 aromatic rings. The maximum Gasteiger partial charge on any atom is 0.359 e. The Morgan fingerprint density at radius 3 is 2.21 bits per heavy atom. The molecule has 1 aliphatic rings. The first kappa shape index (κ1) is 14.6. The number of hydrogen-bond acceptors (Lipinski definition) is 4. The van der Waals surface area contributed by atoms with Gasteiger partial charge < -0.3 is 14.9 Å². The first-order valence-corrected chi connectivity index (χ1v) is 7.91. The summed E-state index contributed by atoms with van der Waals surface area (Å²) in [6.45, 7) is 1.63. The molecule has 0 aromatic heterocycles. The maximum atomic E-state index is 11.4. The Morgan fingerprint density at radius 2 is 1.79 bits per heavy atom. The minimum atomic E-state index is -4.49. The molecule has 3 N–H and O–H groups in total. The summed E-state index contributed by atoms with van der Waals surface area (Å²) in [5.74, 6) is -0.411. The van der Waals surface area contributed by atoms with Crippen LogP contribution in [0.4, 0.5) is 5.69 Å². The lowest BCUT2D eigenvalue weighted by Gasteiger charge is -2.29. The number of aliphatic hydroxyl groups is 1. The van der Waals surface area contributed by atoms with Crippen LogP contribution in [-0.4, -0.2) is 33.0 Å². The van der Waals surface area contributed by atoms with Crippen molar-refractivity contribution in [2.24, 2.45) is 0 Å². The van der Waals surface area contributed by atoms with Crippen LogP contribution in [0.2, 0.25) is 0 Å². The van der Waals surface area contributed by atoms with Crippen molar-refractivity contribution in [3.05, 3.63) is 39.9 Å². The molecule has 8 heteroatoms. The average molecular weight is 349 g/mol. The van der Waals surface area contributed by atoms with Gasteiger partial charge in [-0.25, -0.2) is 10.0 Å². The summed E-state index contributed by atoms with van der Waals surface area (Å²) in [5, 5.41) is 12.8. The first-order valence-electron chi connectivity index (χ1n) is 5.51. The SMILES string of the molecule is CC1C(P(=O)(O)O)=C(O)N(c2ccc(Br)cc2)N1C. The molecule has 1 unspecified atom stereocenters. The second kappa shape index (κ2) is 4.92. The molecule has 1 heterocycles. The van der Waals surface area contributed by atoms with Crippen molar-refractivity contribution in [2.45, 2.75) is 13.0 Å². The summed E-state index contributed by atoms with van der Waals surface area (Å²) in [4.78, 5) is 18.6. The van der Waals surface area contributed by atoms with E-state index >= 15 is 0 Å². The average Bonchev–Trinajstić information content (AvgIpc) is 2.51. The van der Waals surface area contributed by atoms with Crippen LogP contribution in [-0.2, 0) is 4.57 Å². The molecule has 0 fully saturated rings. The van der Waals surface area contributed by atoms with E-state index in [1.807, 2.05) is 0 Å². The number of aliphatic hydroxyl groups excluding tert-OH is 1. The number of benzene rings is 1. The van der Waals surface area contributed by atoms with E-state index in [2.05, 4.69) is 15.9 Å². The molecule has 0 spiro atoms. The third-order valence-corrected chi connectivity index (χ3v) is 4.82. The van der Waals surface area contributed by atoms with Gasteiger partial charge in [0.15, 0.2) is 0 Å². The highest BCUT2D eigenvalue weighted by atomic mass is 79.9. The van der Waals surface area contributed by atoms with E-state index in [1.54, 1.807) is 43.2 Å². The van der Waals surface area contributed by atoms with Gasteiger partial charge in [-0.3, -0.25) is 4.57 Å².